The molecule has 5 N–H and O–H groups in total. The van der Waals surface area contributed by atoms with Crippen molar-refractivity contribution in [3.05, 3.63) is 70.3 Å². The third-order valence-corrected chi connectivity index (χ3v) is 8.50. The van der Waals surface area contributed by atoms with E-state index in [0.29, 0.717) is 31.0 Å². The molecular formula is C34H50N4O2. The molecule has 2 aliphatic rings. The second kappa shape index (κ2) is 14.3. The average Bonchev–Trinajstić information content (AvgIpc) is 3.39. The first-order valence-electron chi connectivity index (χ1n) is 15.6. The minimum atomic E-state index is -0.342. The molecule has 1 fully saturated rings. The van der Waals surface area contributed by atoms with Gasteiger partial charge >= 0.3 is 0 Å². The van der Waals surface area contributed by atoms with Crippen molar-refractivity contribution in [2.45, 2.75) is 109 Å². The number of carbonyl (C=O) groups is 2. The van der Waals surface area contributed by atoms with Gasteiger partial charge in [0.15, 0.2) is 0 Å². The van der Waals surface area contributed by atoms with Crippen molar-refractivity contribution in [1.29, 1.82) is 0 Å². The highest BCUT2D eigenvalue weighted by Crippen LogP contribution is 2.37. The summed E-state index contributed by atoms with van der Waals surface area (Å²) in [4.78, 5) is 26.7. The minimum absolute atomic E-state index is 0.0342. The Bertz CT molecular complexity index is 1140. The van der Waals surface area contributed by atoms with Crippen LogP contribution in [0.5, 0.6) is 0 Å². The Kier molecular flexibility index (Phi) is 10.8. The van der Waals surface area contributed by atoms with Crippen LogP contribution in [0.2, 0.25) is 0 Å². The van der Waals surface area contributed by atoms with Gasteiger partial charge in [-0.3, -0.25) is 9.59 Å². The summed E-state index contributed by atoms with van der Waals surface area (Å²) in [6.45, 7) is 7.47. The molecule has 1 heterocycles. The van der Waals surface area contributed by atoms with E-state index < -0.39 is 0 Å². The van der Waals surface area contributed by atoms with Gasteiger partial charge in [-0.25, -0.2) is 0 Å². The van der Waals surface area contributed by atoms with Crippen molar-refractivity contribution in [3.8, 4) is 0 Å². The van der Waals surface area contributed by atoms with Crippen molar-refractivity contribution < 1.29 is 9.59 Å². The van der Waals surface area contributed by atoms with E-state index in [1.165, 1.54) is 16.7 Å². The summed E-state index contributed by atoms with van der Waals surface area (Å²) in [6.07, 6.45) is 10.7. The molecule has 6 heteroatoms. The zero-order valence-corrected chi connectivity index (χ0v) is 24.9. The molecule has 40 heavy (non-hydrogen) atoms. The van der Waals surface area contributed by atoms with E-state index in [0.717, 1.165) is 69.8 Å². The lowest BCUT2D eigenvalue weighted by Crippen LogP contribution is -2.51. The molecule has 4 bridgehead atoms. The summed E-state index contributed by atoms with van der Waals surface area (Å²) >= 11 is 0. The lowest BCUT2D eigenvalue weighted by Gasteiger charge is -2.27. The molecule has 1 aliphatic heterocycles. The molecule has 0 saturated heterocycles. The number of benzene rings is 2. The number of fused-ring (bicyclic) bond motifs is 4. The summed E-state index contributed by atoms with van der Waals surface area (Å²) in [5.74, 6) is 0.364. The second-order valence-corrected chi connectivity index (χ2v) is 12.6. The number of rotatable bonds is 9. The lowest BCUT2D eigenvalue weighted by molar-refractivity contribution is -0.123. The SMILES string of the molecule is CCC[C@H](NC[C@@H]1Cc2cccc(c2)CCCCc2cc(cc(C3(N)CCCC3)c2)C(=O)N1)C(=O)NCC(C)C. The smallest absolute Gasteiger partial charge is 0.251 e. The number of hydrogen-bond donors (Lipinski definition) is 4. The molecule has 1 saturated carbocycles. The molecule has 218 valence electrons. The lowest BCUT2D eigenvalue weighted by atomic mass is 9.86. The molecule has 2 aromatic rings. The van der Waals surface area contributed by atoms with E-state index in [9.17, 15) is 9.59 Å². The molecule has 4 rings (SSSR count). The number of nitrogens with two attached hydrogens (primary N) is 1. The van der Waals surface area contributed by atoms with Crippen LogP contribution in [0.1, 0.15) is 105 Å². The Morgan fingerprint density at radius 3 is 2.48 bits per heavy atom. The molecule has 0 unspecified atom stereocenters. The van der Waals surface area contributed by atoms with E-state index in [1.807, 2.05) is 6.07 Å². The van der Waals surface area contributed by atoms with Gasteiger partial charge in [0.25, 0.3) is 5.91 Å². The topological polar surface area (TPSA) is 96.2 Å². The predicted octanol–water partition coefficient (Wildman–Crippen LogP) is 5.17. The molecule has 2 atom stereocenters. The summed E-state index contributed by atoms with van der Waals surface area (Å²) in [5, 5.41) is 9.91. The van der Waals surface area contributed by atoms with Crippen LogP contribution in [0.4, 0.5) is 0 Å². The van der Waals surface area contributed by atoms with Crippen LogP contribution >= 0.6 is 0 Å². The molecule has 0 radical (unpaired) electrons. The summed E-state index contributed by atoms with van der Waals surface area (Å²) in [6, 6.07) is 14.6. The van der Waals surface area contributed by atoms with Gasteiger partial charge in [-0.2, -0.15) is 0 Å². The minimum Gasteiger partial charge on any atom is -0.354 e. The van der Waals surface area contributed by atoms with Crippen molar-refractivity contribution in [1.82, 2.24) is 16.0 Å². The number of aryl methyl sites for hydroxylation is 2. The monoisotopic (exact) mass is 546 g/mol. The first-order chi connectivity index (χ1) is 19.3. The van der Waals surface area contributed by atoms with Crippen molar-refractivity contribution >= 4 is 11.8 Å². The standard InChI is InChI=1S/C34H50N4O2/c1-4-10-31(33(40)37-22-24(2)3)36-23-30-20-26-14-9-13-25(17-26)11-5-6-12-27-18-28(32(39)38-30)21-29(19-27)34(35)15-7-8-16-34/h9,13-14,17-19,21,24,30-31,36H,4-8,10-12,15-16,20,22-23,35H2,1-3H3,(H,37,40)(H,38,39)/t30-,31-/m0/s1. The van der Waals surface area contributed by atoms with Crippen LogP contribution in [0, 0.1) is 5.92 Å². The zero-order chi connectivity index (χ0) is 28.5. The Balaban J connectivity index is 1.58. The van der Waals surface area contributed by atoms with Crippen LogP contribution in [-0.2, 0) is 29.6 Å². The normalized spacial score (nSPS) is 20.0. The van der Waals surface area contributed by atoms with Gasteiger partial charge in [-0.15, -0.1) is 0 Å². The number of hydrogen-bond acceptors (Lipinski definition) is 4. The predicted molar refractivity (Wildman–Crippen MR) is 163 cm³/mol. The van der Waals surface area contributed by atoms with Crippen LogP contribution in [-0.4, -0.2) is 37.0 Å². The highest BCUT2D eigenvalue weighted by atomic mass is 16.2. The van der Waals surface area contributed by atoms with Crippen molar-refractivity contribution in [2.75, 3.05) is 13.1 Å². The van der Waals surface area contributed by atoms with E-state index in [4.69, 9.17) is 5.73 Å². The Morgan fingerprint density at radius 1 is 1.02 bits per heavy atom. The van der Waals surface area contributed by atoms with E-state index in [1.54, 1.807) is 0 Å². The summed E-state index contributed by atoms with van der Waals surface area (Å²) in [7, 11) is 0. The van der Waals surface area contributed by atoms with E-state index in [2.05, 4.69) is 73.1 Å². The maximum Gasteiger partial charge on any atom is 0.251 e. The highest BCUT2D eigenvalue weighted by molar-refractivity contribution is 5.95. The van der Waals surface area contributed by atoms with Gasteiger partial charge in [0, 0.05) is 30.2 Å². The molecule has 2 amide bonds. The summed E-state index contributed by atoms with van der Waals surface area (Å²) < 4.78 is 0. The van der Waals surface area contributed by atoms with Gasteiger partial charge in [-0.1, -0.05) is 70.4 Å². The first kappa shape index (κ1) is 30.3. The largest absolute Gasteiger partial charge is 0.354 e. The third kappa shape index (κ3) is 8.40. The van der Waals surface area contributed by atoms with Crippen molar-refractivity contribution in [2.24, 2.45) is 11.7 Å². The molecule has 0 spiro atoms. The zero-order valence-electron chi connectivity index (χ0n) is 24.9. The fourth-order valence-electron chi connectivity index (χ4n) is 6.17. The fraction of sp³-hybridized carbons (Fsp3) is 0.588. The summed E-state index contributed by atoms with van der Waals surface area (Å²) in [5.41, 5.74) is 12.1. The number of carbonyl (C=O) groups excluding carboxylic acids is 2. The maximum absolute atomic E-state index is 13.8. The molecule has 1 aliphatic carbocycles. The van der Waals surface area contributed by atoms with Crippen LogP contribution < -0.4 is 21.7 Å². The molecule has 2 aromatic carbocycles. The van der Waals surface area contributed by atoms with Crippen molar-refractivity contribution in [3.63, 3.8) is 0 Å². The third-order valence-electron chi connectivity index (χ3n) is 8.50. The van der Waals surface area contributed by atoms with Gasteiger partial charge in [0.05, 0.1) is 6.04 Å². The number of amides is 2. The Hall–Kier alpha value is -2.70. The van der Waals surface area contributed by atoms with E-state index in [-0.39, 0.29) is 29.4 Å². The fourth-order valence-corrected chi connectivity index (χ4v) is 6.17. The van der Waals surface area contributed by atoms with Crippen LogP contribution in [0.3, 0.4) is 0 Å². The molecule has 6 nitrogen and oxygen atoms in total. The maximum atomic E-state index is 13.8. The van der Waals surface area contributed by atoms with Gasteiger partial charge in [-0.05, 0) is 91.7 Å². The van der Waals surface area contributed by atoms with E-state index >= 15 is 0 Å². The Labute approximate surface area is 241 Å². The van der Waals surface area contributed by atoms with Crippen LogP contribution in [0.25, 0.3) is 0 Å². The quantitative estimate of drug-likeness (QED) is 0.349. The molecular weight excluding hydrogens is 496 g/mol. The van der Waals surface area contributed by atoms with Gasteiger partial charge in [0.1, 0.15) is 0 Å². The van der Waals surface area contributed by atoms with Gasteiger partial charge < -0.3 is 21.7 Å². The second-order valence-electron chi connectivity index (χ2n) is 12.6. The molecule has 0 aromatic heterocycles. The Morgan fingerprint density at radius 2 is 1.75 bits per heavy atom. The number of nitrogens with one attached hydrogen (secondary N) is 3. The van der Waals surface area contributed by atoms with Crippen LogP contribution in [0.15, 0.2) is 42.5 Å². The average molecular weight is 547 g/mol. The highest BCUT2D eigenvalue weighted by Gasteiger charge is 2.32. The first-order valence-corrected chi connectivity index (χ1v) is 15.6. The van der Waals surface area contributed by atoms with Gasteiger partial charge in [0.2, 0.25) is 5.91 Å².